The summed E-state index contributed by atoms with van der Waals surface area (Å²) in [6, 6.07) is -0.234. The number of carboxylic acids is 2. The number of amides is 1. The van der Waals surface area contributed by atoms with Crippen LogP contribution in [0.2, 0.25) is 0 Å². The summed E-state index contributed by atoms with van der Waals surface area (Å²) in [4.78, 5) is 42.6. The van der Waals surface area contributed by atoms with Crippen LogP contribution in [0.3, 0.4) is 0 Å². The molecule has 2 aromatic rings. The molecule has 242 valence electrons. The van der Waals surface area contributed by atoms with E-state index in [1.807, 2.05) is 39.8 Å². The number of hydrogen-bond acceptors (Lipinski definition) is 7. The lowest BCUT2D eigenvalue weighted by Crippen LogP contribution is -2.30. The molecule has 0 bridgehead atoms. The molecule has 0 aromatic carbocycles. The molecule has 2 aliphatic heterocycles. The zero-order valence-corrected chi connectivity index (χ0v) is 27.7. The molecule has 45 heavy (non-hydrogen) atoms. The van der Waals surface area contributed by atoms with Gasteiger partial charge in [0.1, 0.15) is 6.23 Å². The third-order valence-electron chi connectivity index (χ3n) is 8.98. The van der Waals surface area contributed by atoms with E-state index in [2.05, 4.69) is 45.9 Å². The molecule has 0 saturated carbocycles. The summed E-state index contributed by atoms with van der Waals surface area (Å²) < 4.78 is 0. The summed E-state index contributed by atoms with van der Waals surface area (Å²) in [5, 5.41) is 38.6. The van der Waals surface area contributed by atoms with Gasteiger partial charge in [0.05, 0.1) is 12.5 Å². The Bertz CT molecular complexity index is 1700. The number of aromatic amines is 2. The Morgan fingerprint density at radius 3 is 2.38 bits per heavy atom. The van der Waals surface area contributed by atoms with E-state index >= 15 is 0 Å². The minimum Gasteiger partial charge on any atom is -0.481 e. The number of H-pyrrole nitrogens is 2. The predicted molar refractivity (Wildman–Crippen MR) is 181 cm³/mol. The molecule has 4 atom stereocenters. The van der Waals surface area contributed by atoms with E-state index < -0.39 is 18.2 Å². The molecule has 4 rings (SSSR count). The first kappa shape index (κ1) is 34.3. The highest BCUT2D eigenvalue weighted by Crippen LogP contribution is 2.33. The van der Waals surface area contributed by atoms with Crippen LogP contribution in [0.25, 0.3) is 18.2 Å². The number of rotatable bonds is 12. The quantitative estimate of drug-likeness (QED) is 0.159. The highest BCUT2D eigenvalue weighted by molar-refractivity contribution is 7.83. The SMILES string of the molecule is CC1=C(/C=C/S)C(=O)N[C@@H]1Cc1[nH]c(/C=c2\[nH]c(/C=C3\NC(O)[C@H](C)[C@H]3CCS)c(C)\c2=C/CC(=O)O)c(CCC(=O)O)c1C. The number of aliphatic hydroxyl groups excluding tert-OH is 1. The van der Waals surface area contributed by atoms with Gasteiger partial charge in [-0.1, -0.05) is 13.0 Å². The molecule has 4 heterocycles. The second-order valence-electron chi connectivity index (χ2n) is 11.8. The van der Waals surface area contributed by atoms with Crippen molar-refractivity contribution in [3.8, 4) is 0 Å². The minimum absolute atomic E-state index is 0.00739. The number of aromatic nitrogens is 2. The minimum atomic E-state index is -0.959. The van der Waals surface area contributed by atoms with Crippen LogP contribution in [0.1, 0.15) is 66.9 Å². The van der Waals surface area contributed by atoms with Crippen molar-refractivity contribution in [2.75, 3.05) is 5.75 Å². The fraction of sp³-hybridized carbons (Fsp3) is 0.424. The number of hydrogen-bond donors (Lipinski definition) is 9. The van der Waals surface area contributed by atoms with E-state index in [4.69, 9.17) is 0 Å². The zero-order valence-electron chi connectivity index (χ0n) is 25.9. The summed E-state index contributed by atoms with van der Waals surface area (Å²) in [6.45, 7) is 7.76. The van der Waals surface area contributed by atoms with Gasteiger partial charge in [0, 0.05) is 58.4 Å². The van der Waals surface area contributed by atoms with E-state index in [0.29, 0.717) is 35.2 Å². The first-order valence-electron chi connectivity index (χ1n) is 15.0. The molecule has 1 fully saturated rings. The normalized spacial score (nSPS) is 23.5. The lowest BCUT2D eigenvalue weighted by atomic mass is 9.91. The molecular formula is C33H42N4O6S2. The highest BCUT2D eigenvalue weighted by atomic mass is 32.1. The van der Waals surface area contributed by atoms with Crippen LogP contribution in [0.4, 0.5) is 0 Å². The van der Waals surface area contributed by atoms with Crippen molar-refractivity contribution in [2.45, 2.75) is 72.1 Å². The molecule has 0 aliphatic carbocycles. The van der Waals surface area contributed by atoms with Gasteiger partial charge in [-0.05, 0) is 90.5 Å². The maximum Gasteiger partial charge on any atom is 0.307 e. The number of nitrogens with one attached hydrogen (secondary N) is 4. The third-order valence-corrected chi connectivity index (χ3v) is 9.38. The lowest BCUT2D eigenvalue weighted by molar-refractivity contribution is -0.137. The fourth-order valence-corrected chi connectivity index (χ4v) is 6.71. The standard InChI is InChI=1S/C33H42N4O6S2/c1-16-20(5-7-30(38)39)27(34-24(16)13-26-18(3)23(10-12-45)33(43)36-26)15-28-21(6-8-31(40)41)17(2)25(35-28)14-29-22(9-11-44)19(4)32(42)37-29/h6,10,12,14-15,19,22,26,32,34-35,37,42,44-45H,5,7-9,11,13H2,1-4H3,(H,36,43)(H,38,39)(H,40,41)/b12-10+,21-6+,28-15-,29-14-/t19-,22-,26-,32?/m1/s1. The second-order valence-corrected chi connectivity index (χ2v) is 12.5. The summed E-state index contributed by atoms with van der Waals surface area (Å²) in [6.07, 6.45) is 7.85. The van der Waals surface area contributed by atoms with Crippen LogP contribution >= 0.6 is 25.3 Å². The van der Waals surface area contributed by atoms with Gasteiger partial charge in [-0.2, -0.15) is 25.3 Å². The van der Waals surface area contributed by atoms with Crippen LogP contribution in [-0.2, 0) is 27.2 Å². The summed E-state index contributed by atoms with van der Waals surface area (Å²) in [5.41, 5.74) is 7.34. The topological polar surface area (TPSA) is 168 Å². The Hall–Kier alpha value is -3.61. The molecule has 12 heteroatoms. The van der Waals surface area contributed by atoms with E-state index in [1.165, 1.54) is 5.41 Å². The van der Waals surface area contributed by atoms with Crippen molar-refractivity contribution >= 4 is 61.3 Å². The molecule has 1 amide bonds. The first-order chi connectivity index (χ1) is 21.4. The lowest BCUT2D eigenvalue weighted by Gasteiger charge is -2.14. The Balaban J connectivity index is 1.84. The summed E-state index contributed by atoms with van der Waals surface area (Å²) in [7, 11) is 0. The Labute approximate surface area is 273 Å². The van der Waals surface area contributed by atoms with Gasteiger partial charge in [-0.3, -0.25) is 14.4 Å². The molecule has 0 radical (unpaired) electrons. The largest absolute Gasteiger partial charge is 0.481 e. The number of aliphatic hydroxyl groups is 1. The van der Waals surface area contributed by atoms with Crippen LogP contribution in [0, 0.1) is 25.7 Å². The van der Waals surface area contributed by atoms with Gasteiger partial charge in [-0.15, -0.1) is 0 Å². The average Bonchev–Trinajstić information content (AvgIpc) is 3.61. The predicted octanol–water partition coefficient (Wildman–Crippen LogP) is 2.70. The van der Waals surface area contributed by atoms with Crippen LogP contribution in [0.15, 0.2) is 28.3 Å². The van der Waals surface area contributed by atoms with Gasteiger partial charge in [0.2, 0.25) is 0 Å². The smallest absolute Gasteiger partial charge is 0.307 e. The Morgan fingerprint density at radius 1 is 1.00 bits per heavy atom. The van der Waals surface area contributed by atoms with Crippen LogP contribution in [-0.4, -0.2) is 61.2 Å². The molecule has 10 nitrogen and oxygen atoms in total. The maximum absolute atomic E-state index is 12.5. The van der Waals surface area contributed by atoms with E-state index in [0.717, 1.165) is 51.0 Å². The molecule has 0 spiro atoms. The van der Waals surface area contributed by atoms with Gasteiger partial charge in [-0.25, -0.2) is 0 Å². The van der Waals surface area contributed by atoms with Crippen molar-refractivity contribution in [1.82, 2.24) is 20.6 Å². The summed E-state index contributed by atoms with van der Waals surface area (Å²) >= 11 is 8.52. The molecular weight excluding hydrogens is 613 g/mol. The van der Waals surface area contributed by atoms with E-state index in [9.17, 15) is 29.7 Å². The number of carboxylic acid groups (broad SMARTS) is 2. The third kappa shape index (κ3) is 7.62. The highest BCUT2D eigenvalue weighted by Gasteiger charge is 2.34. The van der Waals surface area contributed by atoms with E-state index in [-0.39, 0.29) is 36.6 Å². The van der Waals surface area contributed by atoms with Gasteiger partial charge in [0.25, 0.3) is 5.91 Å². The molecule has 2 aliphatic rings. The molecule has 1 unspecified atom stereocenters. The monoisotopic (exact) mass is 654 g/mol. The van der Waals surface area contributed by atoms with Crippen molar-refractivity contribution < 1.29 is 29.7 Å². The van der Waals surface area contributed by atoms with Gasteiger partial charge < -0.3 is 35.9 Å². The molecule has 1 saturated heterocycles. The van der Waals surface area contributed by atoms with Crippen LogP contribution in [0.5, 0.6) is 0 Å². The van der Waals surface area contributed by atoms with Crippen molar-refractivity contribution in [1.29, 1.82) is 0 Å². The van der Waals surface area contributed by atoms with Gasteiger partial charge >= 0.3 is 11.9 Å². The molecule has 2 aromatic heterocycles. The zero-order chi connectivity index (χ0) is 33.0. The fourth-order valence-electron chi connectivity index (χ4n) is 6.28. The number of allylic oxidation sites excluding steroid dienone is 1. The van der Waals surface area contributed by atoms with Crippen molar-refractivity contribution in [3.63, 3.8) is 0 Å². The number of carbonyl (C=O) groups is 3. The Kier molecular flexibility index (Phi) is 11.2. The first-order valence-corrected chi connectivity index (χ1v) is 16.1. The molecule has 7 N–H and O–H groups in total. The van der Waals surface area contributed by atoms with Crippen molar-refractivity contribution in [3.05, 3.63) is 72.7 Å². The summed E-state index contributed by atoms with van der Waals surface area (Å²) in [5.74, 6) is -1.27. The van der Waals surface area contributed by atoms with E-state index in [1.54, 1.807) is 12.2 Å². The van der Waals surface area contributed by atoms with Gasteiger partial charge in [0.15, 0.2) is 0 Å². The van der Waals surface area contributed by atoms with Crippen LogP contribution < -0.4 is 21.2 Å². The number of thiol groups is 2. The average molecular weight is 655 g/mol. The van der Waals surface area contributed by atoms with Crippen molar-refractivity contribution in [2.24, 2.45) is 11.8 Å². The number of aliphatic carboxylic acids is 2. The second kappa shape index (κ2) is 14.7. The number of carbonyl (C=O) groups excluding carboxylic acids is 1. The maximum atomic E-state index is 12.5. The Morgan fingerprint density at radius 2 is 1.73 bits per heavy atom.